The van der Waals surface area contributed by atoms with Crippen LogP contribution in [0, 0.1) is 0 Å². The number of aliphatic imine (C=N–C) groups is 2. The molecule has 4 N–H and O–H groups in total. The molecule has 0 aliphatic heterocycles. The van der Waals surface area contributed by atoms with Gasteiger partial charge in [-0.25, -0.2) is 9.59 Å². The number of nitrogens with zero attached hydrogens (tertiary/aromatic N) is 2. The van der Waals surface area contributed by atoms with Crippen LogP contribution in [-0.4, -0.2) is 45.2 Å². The minimum Gasteiger partial charge on any atom is -0.507 e. The number of carboxylic acid groups (broad SMARTS) is 2. The Labute approximate surface area is 233 Å². The molecular formula is C28H22CoN2O8. The monoisotopic (exact) mass is 573 g/mol. The molecule has 11 heteroatoms. The van der Waals surface area contributed by atoms with Crippen molar-refractivity contribution in [1.82, 2.24) is 0 Å². The molecule has 0 heterocycles. The van der Waals surface area contributed by atoms with Crippen LogP contribution in [0.3, 0.4) is 0 Å². The van der Waals surface area contributed by atoms with Crippen LogP contribution in [0.4, 0.5) is 21.0 Å². The molecule has 0 atom stereocenters. The molecule has 0 spiro atoms. The third-order valence-corrected chi connectivity index (χ3v) is 4.68. The molecule has 4 aromatic carbocycles. The first-order valence-electron chi connectivity index (χ1n) is 11.0. The Hall–Kier alpha value is -5.13. The summed E-state index contributed by atoms with van der Waals surface area (Å²) in [6, 6.07) is 26.4. The van der Waals surface area contributed by atoms with Crippen LogP contribution in [0.2, 0.25) is 0 Å². The summed E-state index contributed by atoms with van der Waals surface area (Å²) < 4.78 is 9.21. The fourth-order valence-electron chi connectivity index (χ4n) is 2.96. The third-order valence-electron chi connectivity index (χ3n) is 4.68. The van der Waals surface area contributed by atoms with Crippen molar-refractivity contribution < 1.29 is 56.3 Å². The molecule has 0 bridgehead atoms. The van der Waals surface area contributed by atoms with Crippen LogP contribution < -0.4 is 9.47 Å². The number of phenols is 2. The van der Waals surface area contributed by atoms with Gasteiger partial charge >= 0.3 is 12.3 Å². The number of ether oxygens (including phenoxy) is 2. The molecule has 0 saturated heterocycles. The smallest absolute Gasteiger partial charge is 0.507 e. The molecule has 201 valence electrons. The zero-order valence-corrected chi connectivity index (χ0v) is 21.1. The summed E-state index contributed by atoms with van der Waals surface area (Å²) in [4.78, 5) is 29.3. The van der Waals surface area contributed by atoms with Crippen LogP contribution in [-0.2, 0) is 16.8 Å². The van der Waals surface area contributed by atoms with Crippen molar-refractivity contribution in [1.29, 1.82) is 0 Å². The summed E-state index contributed by atoms with van der Waals surface area (Å²) in [6.07, 6.45) is 0.0917. The molecule has 0 unspecified atom stereocenters. The molecule has 0 amide bonds. The Balaban J connectivity index is 0.000000267. The molecule has 1 radical (unpaired) electrons. The van der Waals surface area contributed by atoms with Crippen molar-refractivity contribution >= 4 is 36.1 Å². The molecular weight excluding hydrogens is 551 g/mol. The summed E-state index contributed by atoms with van der Waals surface area (Å²) in [5.41, 5.74) is 1.81. The second kappa shape index (κ2) is 15.2. The number of hydrogen-bond acceptors (Lipinski definition) is 8. The summed E-state index contributed by atoms with van der Waals surface area (Å²) in [7, 11) is 0. The summed E-state index contributed by atoms with van der Waals surface area (Å²) >= 11 is 0. The fraction of sp³-hybridized carbons (Fsp3) is 0. The van der Waals surface area contributed by atoms with Crippen molar-refractivity contribution in [3.05, 3.63) is 108 Å². The van der Waals surface area contributed by atoms with Crippen LogP contribution in [0.15, 0.2) is 107 Å². The summed E-state index contributed by atoms with van der Waals surface area (Å²) in [6.45, 7) is 0. The Morgan fingerprint density at radius 3 is 1.26 bits per heavy atom. The number of carbonyl (C=O) groups is 2. The molecule has 0 aliphatic carbocycles. The number of aromatic hydroxyl groups is 2. The van der Waals surface area contributed by atoms with E-state index in [1.165, 1.54) is 24.6 Å². The van der Waals surface area contributed by atoms with Crippen LogP contribution >= 0.6 is 0 Å². The maximum Gasteiger partial charge on any atom is 0.511 e. The Bertz CT molecular complexity index is 1360. The first-order chi connectivity index (χ1) is 18.3. The van der Waals surface area contributed by atoms with Gasteiger partial charge in [-0.05, 0) is 48.5 Å². The number of para-hydroxylation sites is 6. The number of hydrogen-bond donors (Lipinski definition) is 4. The second-order valence-corrected chi connectivity index (χ2v) is 7.31. The van der Waals surface area contributed by atoms with Crippen molar-refractivity contribution in [2.45, 2.75) is 0 Å². The van der Waals surface area contributed by atoms with Crippen LogP contribution in [0.1, 0.15) is 11.1 Å². The van der Waals surface area contributed by atoms with E-state index in [9.17, 15) is 19.8 Å². The standard InChI is InChI=1S/2C14H11NO4.Co/c2*16-12-7-3-1-5-10(12)9-15-11-6-2-4-8-13(11)19-14(17)18;/h2*1-9,16H,(H,17,18);. The molecule has 39 heavy (non-hydrogen) atoms. The molecule has 4 aromatic rings. The first kappa shape index (κ1) is 30.1. The van der Waals surface area contributed by atoms with Crippen molar-refractivity contribution in [3.63, 3.8) is 0 Å². The van der Waals surface area contributed by atoms with Gasteiger partial charge in [0.15, 0.2) is 11.5 Å². The topological polar surface area (TPSA) is 158 Å². The normalized spacial score (nSPS) is 10.3. The summed E-state index contributed by atoms with van der Waals surface area (Å²) in [5.74, 6) is 0.481. The van der Waals surface area contributed by atoms with Gasteiger partial charge in [0.2, 0.25) is 0 Å². The van der Waals surface area contributed by atoms with Gasteiger partial charge in [-0.3, -0.25) is 9.98 Å². The maximum absolute atomic E-state index is 10.5. The second-order valence-electron chi connectivity index (χ2n) is 7.31. The molecule has 0 fully saturated rings. The SMILES string of the molecule is O=C(O)Oc1ccccc1N=Cc1ccccc1O.O=C(O)Oc1ccccc1N=Cc1ccccc1O.[Co]. The van der Waals surface area contributed by atoms with Gasteiger partial charge in [0.25, 0.3) is 0 Å². The average Bonchev–Trinajstić information content (AvgIpc) is 2.89. The van der Waals surface area contributed by atoms with E-state index in [-0.39, 0.29) is 39.8 Å². The van der Waals surface area contributed by atoms with Crippen molar-refractivity contribution in [2.75, 3.05) is 0 Å². The van der Waals surface area contributed by atoms with E-state index in [0.717, 1.165) is 0 Å². The third kappa shape index (κ3) is 9.68. The first-order valence-corrected chi connectivity index (χ1v) is 11.0. The van der Waals surface area contributed by atoms with E-state index >= 15 is 0 Å². The van der Waals surface area contributed by atoms with Crippen molar-refractivity contribution in [2.24, 2.45) is 9.98 Å². The molecule has 0 saturated carbocycles. The Kier molecular flexibility index (Phi) is 11.7. The molecule has 4 rings (SSSR count). The average molecular weight is 573 g/mol. The maximum atomic E-state index is 10.5. The zero-order chi connectivity index (χ0) is 27.3. The van der Waals surface area contributed by atoms with E-state index < -0.39 is 12.3 Å². The molecule has 10 nitrogen and oxygen atoms in total. The Morgan fingerprint density at radius 2 is 0.897 bits per heavy atom. The zero-order valence-electron chi connectivity index (χ0n) is 20.0. The van der Waals surface area contributed by atoms with Gasteiger partial charge in [0.1, 0.15) is 22.9 Å². The minimum atomic E-state index is -1.40. The minimum absolute atomic E-state index is 0. The quantitative estimate of drug-likeness (QED) is 0.117. The van der Waals surface area contributed by atoms with Crippen LogP contribution in [0.5, 0.6) is 23.0 Å². The van der Waals surface area contributed by atoms with E-state index in [0.29, 0.717) is 22.5 Å². The fourth-order valence-corrected chi connectivity index (χ4v) is 2.96. The van der Waals surface area contributed by atoms with Gasteiger partial charge in [0, 0.05) is 40.3 Å². The van der Waals surface area contributed by atoms with Gasteiger partial charge in [-0.2, -0.15) is 0 Å². The van der Waals surface area contributed by atoms with E-state index in [1.807, 2.05) is 0 Å². The number of rotatable bonds is 6. The van der Waals surface area contributed by atoms with Crippen LogP contribution in [0.25, 0.3) is 0 Å². The predicted octanol–water partition coefficient (Wildman–Crippen LogP) is 6.40. The molecule has 0 aromatic heterocycles. The number of phenolic OH excluding ortho intramolecular Hbond substituents is 2. The van der Waals surface area contributed by atoms with E-state index in [1.54, 1.807) is 84.9 Å². The van der Waals surface area contributed by atoms with Gasteiger partial charge in [-0.1, -0.05) is 48.5 Å². The van der Waals surface area contributed by atoms with E-state index in [4.69, 9.17) is 10.2 Å². The largest absolute Gasteiger partial charge is 0.511 e. The summed E-state index contributed by atoms with van der Waals surface area (Å²) in [5, 5.41) is 36.4. The van der Waals surface area contributed by atoms with Crippen molar-refractivity contribution in [3.8, 4) is 23.0 Å². The van der Waals surface area contributed by atoms with Gasteiger partial charge in [0.05, 0.1) is 0 Å². The van der Waals surface area contributed by atoms with Gasteiger partial charge in [-0.15, -0.1) is 0 Å². The van der Waals surface area contributed by atoms with E-state index in [2.05, 4.69) is 19.5 Å². The molecule has 0 aliphatic rings. The van der Waals surface area contributed by atoms with Gasteiger partial charge < -0.3 is 29.9 Å². The predicted molar refractivity (Wildman–Crippen MR) is 141 cm³/mol. The number of benzene rings is 4. The Morgan fingerprint density at radius 1 is 0.564 bits per heavy atom.